The van der Waals surface area contributed by atoms with Crippen LogP contribution >= 0.6 is 11.6 Å². The van der Waals surface area contributed by atoms with E-state index in [2.05, 4.69) is 25.2 Å². The van der Waals surface area contributed by atoms with Crippen LogP contribution in [0.3, 0.4) is 0 Å². The maximum Gasteiger partial charge on any atom is 0.125 e. The monoisotopic (exact) mass is 269 g/mol. The Morgan fingerprint density at radius 2 is 2.06 bits per heavy atom. The van der Waals surface area contributed by atoms with Crippen LogP contribution in [0, 0.1) is 0 Å². The number of methoxy groups -OCH3 is 1. The molecule has 102 valence electrons. The van der Waals surface area contributed by atoms with Crippen LogP contribution in [0.25, 0.3) is 0 Å². The van der Waals surface area contributed by atoms with Crippen LogP contribution in [0.1, 0.15) is 51.1 Å². The minimum atomic E-state index is 0.355. The summed E-state index contributed by atoms with van der Waals surface area (Å²) in [4.78, 5) is 0. The minimum absolute atomic E-state index is 0.355. The molecule has 1 unspecified atom stereocenters. The van der Waals surface area contributed by atoms with Crippen molar-refractivity contribution < 1.29 is 4.74 Å². The van der Waals surface area contributed by atoms with Crippen molar-refractivity contribution in [3.63, 3.8) is 0 Å². The summed E-state index contributed by atoms with van der Waals surface area (Å²) in [5, 5.41) is 4.25. The van der Waals surface area contributed by atoms with E-state index in [1.54, 1.807) is 7.11 Å². The number of hydrogen-bond acceptors (Lipinski definition) is 2. The lowest BCUT2D eigenvalue weighted by atomic mass is 9.99. The molecule has 18 heavy (non-hydrogen) atoms. The van der Waals surface area contributed by atoms with Gasteiger partial charge in [-0.15, -0.1) is 0 Å². The molecule has 0 aliphatic heterocycles. The first-order valence-corrected chi connectivity index (χ1v) is 7.17. The summed E-state index contributed by atoms with van der Waals surface area (Å²) in [7, 11) is 1.70. The highest BCUT2D eigenvalue weighted by atomic mass is 35.5. The smallest absolute Gasteiger partial charge is 0.125 e. The van der Waals surface area contributed by atoms with E-state index in [9.17, 15) is 0 Å². The largest absolute Gasteiger partial charge is 0.496 e. The fourth-order valence-electron chi connectivity index (χ4n) is 2.19. The van der Waals surface area contributed by atoms with Gasteiger partial charge in [0.05, 0.1) is 7.11 Å². The molecule has 1 aromatic carbocycles. The number of unbranched alkanes of at least 4 members (excludes halogenated alkanes) is 2. The van der Waals surface area contributed by atoms with Gasteiger partial charge >= 0.3 is 0 Å². The van der Waals surface area contributed by atoms with Crippen LogP contribution in [-0.2, 0) is 0 Å². The summed E-state index contributed by atoms with van der Waals surface area (Å²) in [6.07, 6.45) is 4.90. The van der Waals surface area contributed by atoms with Gasteiger partial charge < -0.3 is 10.1 Å². The molecule has 0 bridgehead atoms. The summed E-state index contributed by atoms with van der Waals surface area (Å²) < 4.78 is 5.44. The lowest BCUT2D eigenvalue weighted by Gasteiger charge is -2.21. The van der Waals surface area contributed by atoms with E-state index in [0.717, 1.165) is 23.7 Å². The lowest BCUT2D eigenvalue weighted by Crippen LogP contribution is -2.21. The topological polar surface area (TPSA) is 21.3 Å². The average Bonchev–Trinajstić information content (AvgIpc) is 2.38. The number of hydrogen-bond donors (Lipinski definition) is 1. The Morgan fingerprint density at radius 3 is 2.67 bits per heavy atom. The van der Waals surface area contributed by atoms with Gasteiger partial charge in [0.2, 0.25) is 0 Å². The molecule has 0 aromatic heterocycles. The highest BCUT2D eigenvalue weighted by molar-refractivity contribution is 6.30. The van der Waals surface area contributed by atoms with Gasteiger partial charge in [0.25, 0.3) is 0 Å². The quantitative estimate of drug-likeness (QED) is 0.698. The molecule has 0 amide bonds. The standard InChI is InChI=1S/C15H24ClNO/c1-4-6-7-8-14(17-5-2)13-10-9-12(16)11-15(13)18-3/h9-11,14,17H,4-8H2,1-3H3. The third kappa shape index (κ3) is 4.51. The van der Waals surface area contributed by atoms with Crippen molar-refractivity contribution in [2.24, 2.45) is 0 Å². The van der Waals surface area contributed by atoms with Crippen LogP contribution in [0.5, 0.6) is 5.75 Å². The van der Waals surface area contributed by atoms with Crippen molar-refractivity contribution in [1.29, 1.82) is 0 Å². The molecule has 0 aliphatic carbocycles. The number of halogens is 1. The molecule has 0 saturated heterocycles. The zero-order valence-corrected chi connectivity index (χ0v) is 12.4. The van der Waals surface area contributed by atoms with E-state index in [1.165, 1.54) is 24.8 Å². The Morgan fingerprint density at radius 1 is 1.28 bits per heavy atom. The SMILES string of the molecule is CCCCCC(NCC)c1ccc(Cl)cc1OC. The van der Waals surface area contributed by atoms with Gasteiger partial charge in [-0.1, -0.05) is 50.8 Å². The van der Waals surface area contributed by atoms with Crippen LogP contribution in [0.15, 0.2) is 18.2 Å². The fraction of sp³-hybridized carbons (Fsp3) is 0.600. The molecule has 1 aromatic rings. The Balaban J connectivity index is 2.83. The number of benzene rings is 1. The number of nitrogens with one attached hydrogen (secondary N) is 1. The predicted molar refractivity (Wildman–Crippen MR) is 78.6 cm³/mol. The van der Waals surface area contributed by atoms with E-state index in [4.69, 9.17) is 16.3 Å². The van der Waals surface area contributed by atoms with Gasteiger partial charge in [0.15, 0.2) is 0 Å². The van der Waals surface area contributed by atoms with E-state index in [1.807, 2.05) is 12.1 Å². The Bertz CT molecular complexity index is 354. The predicted octanol–water partition coefficient (Wildman–Crippen LogP) is 4.58. The second-order valence-corrected chi connectivity index (χ2v) is 4.93. The van der Waals surface area contributed by atoms with E-state index < -0.39 is 0 Å². The summed E-state index contributed by atoms with van der Waals surface area (Å²) in [6, 6.07) is 6.25. The van der Waals surface area contributed by atoms with Crippen LogP contribution < -0.4 is 10.1 Å². The normalized spacial score (nSPS) is 12.4. The van der Waals surface area contributed by atoms with Crippen molar-refractivity contribution in [1.82, 2.24) is 5.32 Å². The molecule has 2 nitrogen and oxygen atoms in total. The number of ether oxygens (including phenoxy) is 1. The van der Waals surface area contributed by atoms with Crippen molar-refractivity contribution in [3.8, 4) is 5.75 Å². The third-order valence-corrected chi connectivity index (χ3v) is 3.35. The highest BCUT2D eigenvalue weighted by Gasteiger charge is 2.15. The Labute approximate surface area is 116 Å². The lowest BCUT2D eigenvalue weighted by molar-refractivity contribution is 0.393. The minimum Gasteiger partial charge on any atom is -0.496 e. The van der Waals surface area contributed by atoms with Crippen molar-refractivity contribution in [3.05, 3.63) is 28.8 Å². The first-order valence-electron chi connectivity index (χ1n) is 6.79. The number of rotatable bonds is 8. The van der Waals surface area contributed by atoms with E-state index in [-0.39, 0.29) is 0 Å². The molecule has 0 spiro atoms. The fourth-order valence-corrected chi connectivity index (χ4v) is 2.35. The Hall–Kier alpha value is -0.730. The van der Waals surface area contributed by atoms with E-state index in [0.29, 0.717) is 6.04 Å². The summed E-state index contributed by atoms with van der Waals surface area (Å²) in [5.41, 5.74) is 1.21. The van der Waals surface area contributed by atoms with Crippen molar-refractivity contribution in [2.45, 2.75) is 45.6 Å². The van der Waals surface area contributed by atoms with Crippen molar-refractivity contribution in [2.75, 3.05) is 13.7 Å². The van der Waals surface area contributed by atoms with Gasteiger partial charge in [0.1, 0.15) is 5.75 Å². The molecule has 1 N–H and O–H groups in total. The maximum absolute atomic E-state index is 6.00. The zero-order valence-electron chi connectivity index (χ0n) is 11.6. The molecular formula is C15H24ClNO. The molecule has 1 atom stereocenters. The van der Waals surface area contributed by atoms with E-state index >= 15 is 0 Å². The average molecular weight is 270 g/mol. The van der Waals surface area contributed by atoms with Gasteiger partial charge in [0, 0.05) is 16.6 Å². The van der Waals surface area contributed by atoms with Gasteiger partial charge in [-0.25, -0.2) is 0 Å². The van der Waals surface area contributed by atoms with Crippen LogP contribution in [-0.4, -0.2) is 13.7 Å². The van der Waals surface area contributed by atoms with Gasteiger partial charge in [-0.2, -0.15) is 0 Å². The third-order valence-electron chi connectivity index (χ3n) is 3.12. The summed E-state index contributed by atoms with van der Waals surface area (Å²) >= 11 is 6.00. The summed E-state index contributed by atoms with van der Waals surface area (Å²) in [6.45, 7) is 5.32. The summed E-state index contributed by atoms with van der Waals surface area (Å²) in [5.74, 6) is 0.880. The molecule has 0 radical (unpaired) electrons. The molecule has 0 saturated carbocycles. The Kier molecular flexibility index (Phi) is 7.14. The van der Waals surface area contributed by atoms with Crippen molar-refractivity contribution >= 4 is 11.6 Å². The molecule has 3 heteroatoms. The second kappa shape index (κ2) is 8.39. The van der Waals surface area contributed by atoms with Crippen LogP contribution in [0.4, 0.5) is 0 Å². The highest BCUT2D eigenvalue weighted by Crippen LogP contribution is 2.31. The first-order chi connectivity index (χ1) is 8.72. The molecule has 0 aliphatic rings. The second-order valence-electron chi connectivity index (χ2n) is 4.49. The maximum atomic E-state index is 6.00. The molecule has 1 rings (SSSR count). The molecule has 0 heterocycles. The first kappa shape index (κ1) is 15.3. The molecular weight excluding hydrogens is 246 g/mol. The molecule has 0 fully saturated rings. The van der Waals surface area contributed by atoms with Gasteiger partial charge in [-0.05, 0) is 25.1 Å². The van der Waals surface area contributed by atoms with Crippen LogP contribution in [0.2, 0.25) is 5.02 Å². The zero-order chi connectivity index (χ0) is 13.4. The van der Waals surface area contributed by atoms with Gasteiger partial charge in [-0.3, -0.25) is 0 Å².